The largest absolute Gasteiger partial charge is 0.490 e. The van der Waals surface area contributed by atoms with E-state index in [0.717, 1.165) is 49.4 Å². The molecule has 0 bridgehead atoms. The van der Waals surface area contributed by atoms with Crippen LogP contribution in [0.3, 0.4) is 0 Å². The van der Waals surface area contributed by atoms with E-state index in [1.807, 2.05) is 50.2 Å². The molecule has 0 atom stereocenters. The number of fused-ring (bicyclic) bond motifs is 1. The number of halogens is 1. The van der Waals surface area contributed by atoms with Gasteiger partial charge in [-0.2, -0.15) is 0 Å². The maximum Gasteiger partial charge on any atom is 0.332 e. The van der Waals surface area contributed by atoms with Crippen molar-refractivity contribution in [1.82, 2.24) is 19.1 Å². The third-order valence-corrected chi connectivity index (χ3v) is 6.82. The first-order chi connectivity index (χ1) is 18.0. The molecule has 4 aromatic rings. The van der Waals surface area contributed by atoms with E-state index in [0.29, 0.717) is 36.5 Å². The molecule has 0 amide bonds. The molecule has 8 nitrogen and oxygen atoms in total. The molecule has 5 rings (SSSR count). The number of H-pyrrole nitrogens is 1. The van der Waals surface area contributed by atoms with E-state index < -0.39 is 0 Å². The summed E-state index contributed by atoms with van der Waals surface area (Å²) < 4.78 is 22.3. The lowest BCUT2D eigenvalue weighted by Gasteiger charge is -2.33. The van der Waals surface area contributed by atoms with Gasteiger partial charge in [-0.25, -0.2) is 14.2 Å². The highest BCUT2D eigenvalue weighted by Crippen LogP contribution is 2.26. The van der Waals surface area contributed by atoms with E-state index in [4.69, 9.17) is 4.74 Å². The maximum absolute atomic E-state index is 13.2. The zero-order chi connectivity index (χ0) is 25.9. The van der Waals surface area contributed by atoms with Gasteiger partial charge in [0.15, 0.2) is 5.65 Å². The van der Waals surface area contributed by atoms with Crippen LogP contribution in [0.4, 0.5) is 10.1 Å². The maximum atomic E-state index is 13.2. The summed E-state index contributed by atoms with van der Waals surface area (Å²) in [5.41, 5.74) is 1.94. The van der Waals surface area contributed by atoms with Crippen molar-refractivity contribution in [3.63, 3.8) is 0 Å². The van der Waals surface area contributed by atoms with E-state index in [9.17, 15) is 14.0 Å². The quantitative estimate of drug-likeness (QED) is 0.380. The van der Waals surface area contributed by atoms with E-state index >= 15 is 0 Å². The zero-order valence-electron chi connectivity index (χ0n) is 21.2. The van der Waals surface area contributed by atoms with Gasteiger partial charge in [0, 0.05) is 50.3 Å². The fourth-order valence-corrected chi connectivity index (χ4v) is 4.92. The van der Waals surface area contributed by atoms with Crippen molar-refractivity contribution in [1.29, 1.82) is 0 Å². The SMILES string of the molecule is CCCn1c(=O)c2[nH]c(-c3ccc(OC4CCN(c5ccc(F)cc5)CC4)cc3)nc2n(CCC)c1=O. The second-order valence-corrected chi connectivity index (χ2v) is 9.48. The first kappa shape index (κ1) is 24.8. The van der Waals surface area contributed by atoms with Crippen molar-refractivity contribution in [2.45, 2.75) is 58.7 Å². The summed E-state index contributed by atoms with van der Waals surface area (Å²) >= 11 is 0. The van der Waals surface area contributed by atoms with E-state index in [2.05, 4.69) is 14.9 Å². The van der Waals surface area contributed by atoms with Gasteiger partial charge in [-0.1, -0.05) is 13.8 Å². The molecule has 0 saturated carbocycles. The molecule has 2 aromatic carbocycles. The van der Waals surface area contributed by atoms with Crippen molar-refractivity contribution in [3.8, 4) is 17.1 Å². The molecule has 2 aromatic heterocycles. The molecule has 1 N–H and O–H groups in total. The Morgan fingerprint density at radius 2 is 1.59 bits per heavy atom. The number of aryl methyl sites for hydroxylation is 1. The van der Waals surface area contributed by atoms with Gasteiger partial charge in [-0.05, 0) is 61.4 Å². The molecule has 0 spiro atoms. The third-order valence-electron chi connectivity index (χ3n) is 6.82. The Labute approximate surface area is 214 Å². The average Bonchev–Trinajstić information content (AvgIpc) is 3.36. The second-order valence-electron chi connectivity index (χ2n) is 9.48. The molecular weight excluding hydrogens is 473 g/mol. The van der Waals surface area contributed by atoms with Gasteiger partial charge in [0.05, 0.1) is 0 Å². The lowest BCUT2D eigenvalue weighted by Crippen LogP contribution is -2.40. The molecule has 1 aliphatic heterocycles. The number of piperidine rings is 1. The highest BCUT2D eigenvalue weighted by Gasteiger charge is 2.21. The van der Waals surface area contributed by atoms with Crippen molar-refractivity contribution < 1.29 is 9.13 Å². The number of nitrogens with one attached hydrogen (secondary N) is 1. The summed E-state index contributed by atoms with van der Waals surface area (Å²) in [7, 11) is 0. The van der Waals surface area contributed by atoms with Gasteiger partial charge in [-0.15, -0.1) is 0 Å². The summed E-state index contributed by atoms with van der Waals surface area (Å²) in [5, 5.41) is 0. The number of hydrogen-bond donors (Lipinski definition) is 1. The smallest absolute Gasteiger partial charge is 0.332 e. The molecule has 0 radical (unpaired) electrons. The van der Waals surface area contributed by atoms with Crippen molar-refractivity contribution >= 4 is 16.9 Å². The van der Waals surface area contributed by atoms with Crippen LogP contribution in [0.25, 0.3) is 22.6 Å². The van der Waals surface area contributed by atoms with Crippen LogP contribution in [0.1, 0.15) is 39.5 Å². The van der Waals surface area contributed by atoms with Gasteiger partial charge >= 0.3 is 5.69 Å². The van der Waals surface area contributed by atoms with Gasteiger partial charge in [-0.3, -0.25) is 13.9 Å². The Balaban J connectivity index is 1.31. The van der Waals surface area contributed by atoms with E-state index in [-0.39, 0.29) is 23.2 Å². The summed E-state index contributed by atoms with van der Waals surface area (Å²) in [6, 6.07) is 14.2. The Hall–Kier alpha value is -3.88. The lowest BCUT2D eigenvalue weighted by molar-refractivity contribution is 0.171. The standard InChI is InChI=1S/C28H32FN5O3/c1-3-15-33-26-24(27(35)34(16-4-2)28(33)36)30-25(31-26)19-5-11-22(12-6-19)37-23-13-17-32(18-14-23)21-9-7-20(29)8-10-21/h5-12,23H,3-4,13-18H2,1-2H3,(H,30,31). The Morgan fingerprint density at radius 1 is 0.946 bits per heavy atom. The number of aromatic amines is 1. The van der Waals surface area contributed by atoms with Gasteiger partial charge in [0.2, 0.25) is 0 Å². The highest BCUT2D eigenvalue weighted by atomic mass is 19.1. The van der Waals surface area contributed by atoms with Gasteiger partial charge in [0.1, 0.15) is 29.0 Å². The molecule has 0 aliphatic carbocycles. The predicted octanol–water partition coefficient (Wildman–Crippen LogP) is 4.56. The normalized spacial score (nSPS) is 14.4. The van der Waals surface area contributed by atoms with Crippen LogP contribution in [-0.2, 0) is 13.1 Å². The average molecular weight is 506 g/mol. The van der Waals surface area contributed by atoms with Crippen LogP contribution in [0.5, 0.6) is 5.75 Å². The van der Waals surface area contributed by atoms with Crippen LogP contribution in [0, 0.1) is 5.82 Å². The van der Waals surface area contributed by atoms with E-state index in [1.165, 1.54) is 16.7 Å². The van der Waals surface area contributed by atoms with Crippen molar-refractivity contribution in [2.24, 2.45) is 0 Å². The third kappa shape index (κ3) is 5.03. The van der Waals surface area contributed by atoms with Crippen LogP contribution in [-0.4, -0.2) is 38.3 Å². The number of imidazole rings is 1. The minimum Gasteiger partial charge on any atom is -0.490 e. The Morgan fingerprint density at radius 3 is 2.24 bits per heavy atom. The number of hydrogen-bond acceptors (Lipinski definition) is 5. The number of aromatic nitrogens is 4. The number of ether oxygens (including phenoxy) is 1. The fourth-order valence-electron chi connectivity index (χ4n) is 4.92. The van der Waals surface area contributed by atoms with Gasteiger partial charge < -0.3 is 14.6 Å². The highest BCUT2D eigenvalue weighted by molar-refractivity contribution is 5.75. The van der Waals surface area contributed by atoms with Crippen molar-refractivity contribution in [2.75, 3.05) is 18.0 Å². The molecular formula is C28H32FN5O3. The summed E-state index contributed by atoms with van der Waals surface area (Å²) in [4.78, 5) is 35.9. The topological polar surface area (TPSA) is 85.2 Å². The first-order valence-corrected chi connectivity index (χ1v) is 13.0. The van der Waals surface area contributed by atoms with Crippen LogP contribution in [0.2, 0.25) is 0 Å². The molecule has 3 heterocycles. The summed E-state index contributed by atoms with van der Waals surface area (Å²) in [6.45, 7) is 6.51. The molecule has 194 valence electrons. The first-order valence-electron chi connectivity index (χ1n) is 13.0. The molecule has 1 aliphatic rings. The number of rotatable bonds is 8. The van der Waals surface area contributed by atoms with Crippen LogP contribution >= 0.6 is 0 Å². The van der Waals surface area contributed by atoms with Crippen LogP contribution < -0.4 is 20.9 Å². The zero-order valence-corrected chi connectivity index (χ0v) is 21.2. The second kappa shape index (κ2) is 10.6. The minimum atomic E-state index is -0.333. The predicted molar refractivity (Wildman–Crippen MR) is 143 cm³/mol. The lowest BCUT2D eigenvalue weighted by atomic mass is 10.1. The minimum absolute atomic E-state index is 0.106. The van der Waals surface area contributed by atoms with Crippen molar-refractivity contribution in [3.05, 3.63) is 75.2 Å². The molecule has 37 heavy (non-hydrogen) atoms. The molecule has 9 heteroatoms. The summed E-state index contributed by atoms with van der Waals surface area (Å²) in [5.74, 6) is 1.09. The number of anilines is 1. The van der Waals surface area contributed by atoms with Gasteiger partial charge in [0.25, 0.3) is 5.56 Å². The summed E-state index contributed by atoms with van der Waals surface area (Å²) in [6.07, 6.45) is 3.31. The van der Waals surface area contributed by atoms with E-state index in [1.54, 1.807) is 4.57 Å². The molecule has 1 saturated heterocycles. The van der Waals surface area contributed by atoms with Crippen LogP contribution in [0.15, 0.2) is 58.1 Å². The number of nitrogens with zero attached hydrogens (tertiary/aromatic N) is 4. The fraction of sp³-hybridized carbons (Fsp3) is 0.393. The monoisotopic (exact) mass is 505 g/mol. The Kier molecular flexibility index (Phi) is 7.12. The molecule has 0 unspecified atom stereocenters. The Bertz CT molecular complexity index is 1480. The molecule has 1 fully saturated rings. The number of benzene rings is 2.